The first-order chi connectivity index (χ1) is 11.7. The van der Waals surface area contributed by atoms with Gasteiger partial charge in [0.15, 0.2) is 0 Å². The van der Waals surface area contributed by atoms with Crippen LogP contribution in [0.5, 0.6) is 0 Å². The molecule has 1 amide bonds. The molecule has 9 heteroatoms. The van der Waals surface area contributed by atoms with Crippen molar-refractivity contribution in [2.75, 3.05) is 5.32 Å². The minimum Gasteiger partial charge on any atom is -0.478 e. The molecule has 4 N–H and O–H groups in total. The molecule has 8 nitrogen and oxygen atoms in total. The first-order valence-corrected chi connectivity index (χ1v) is 7.03. The van der Waals surface area contributed by atoms with Crippen molar-refractivity contribution in [3.05, 3.63) is 63.7 Å². The molecule has 0 spiro atoms. The summed E-state index contributed by atoms with van der Waals surface area (Å²) in [5, 5.41) is 29.3. The first kappa shape index (κ1) is 18.0. The van der Waals surface area contributed by atoms with E-state index in [2.05, 4.69) is 5.32 Å². The minimum absolute atomic E-state index is 0.0196. The largest absolute Gasteiger partial charge is 0.478 e. The summed E-state index contributed by atoms with van der Waals surface area (Å²) < 4.78 is 0. The van der Waals surface area contributed by atoms with Crippen molar-refractivity contribution in [1.29, 1.82) is 0 Å². The second kappa shape index (κ2) is 7.02. The van der Waals surface area contributed by atoms with Gasteiger partial charge in [0.25, 0.3) is 5.91 Å². The molecule has 0 aliphatic rings. The number of halogens is 1. The number of benzene rings is 2. The number of anilines is 1. The molecule has 0 saturated heterocycles. The van der Waals surface area contributed by atoms with Gasteiger partial charge in [0, 0.05) is 5.56 Å². The molecule has 0 unspecified atom stereocenters. The highest BCUT2D eigenvalue weighted by Crippen LogP contribution is 2.24. The van der Waals surface area contributed by atoms with Gasteiger partial charge >= 0.3 is 17.9 Å². The normalized spacial score (nSPS) is 10.1. The van der Waals surface area contributed by atoms with E-state index < -0.39 is 34.9 Å². The van der Waals surface area contributed by atoms with Gasteiger partial charge in [-0.2, -0.15) is 0 Å². The van der Waals surface area contributed by atoms with Crippen molar-refractivity contribution in [2.45, 2.75) is 0 Å². The third-order valence-corrected chi connectivity index (χ3v) is 3.52. The molecule has 0 radical (unpaired) electrons. The quantitative estimate of drug-likeness (QED) is 0.639. The highest BCUT2D eigenvalue weighted by molar-refractivity contribution is 6.34. The maximum absolute atomic E-state index is 12.2. The van der Waals surface area contributed by atoms with Crippen LogP contribution in [-0.2, 0) is 0 Å². The van der Waals surface area contributed by atoms with Gasteiger partial charge in [-0.3, -0.25) is 4.79 Å². The van der Waals surface area contributed by atoms with Gasteiger partial charge in [-0.15, -0.1) is 0 Å². The molecule has 0 bridgehead atoms. The van der Waals surface area contributed by atoms with E-state index in [-0.39, 0.29) is 21.8 Å². The molecule has 128 valence electrons. The Hall–Kier alpha value is -3.39. The smallest absolute Gasteiger partial charge is 0.336 e. The zero-order chi connectivity index (χ0) is 18.7. The Kier molecular flexibility index (Phi) is 5.04. The number of rotatable bonds is 5. The van der Waals surface area contributed by atoms with E-state index in [9.17, 15) is 19.2 Å². The highest BCUT2D eigenvalue weighted by Gasteiger charge is 2.19. The van der Waals surface area contributed by atoms with Crippen LogP contribution in [0, 0.1) is 0 Å². The van der Waals surface area contributed by atoms with E-state index in [1.165, 1.54) is 12.1 Å². The van der Waals surface area contributed by atoms with Gasteiger partial charge < -0.3 is 20.6 Å². The van der Waals surface area contributed by atoms with Crippen LogP contribution in [0.25, 0.3) is 0 Å². The standard InChI is InChI=1S/C16H10ClNO7/c17-11-6-8(14(20)21)2-4-12(11)18-13(19)7-1-3-9(15(22)23)10(5-7)16(24)25/h1-6H,(H,18,19)(H,20,21)(H,22,23)(H,24,25). The van der Waals surface area contributed by atoms with Crippen LogP contribution < -0.4 is 5.32 Å². The Morgan fingerprint density at radius 2 is 1.36 bits per heavy atom. The minimum atomic E-state index is -1.49. The number of carbonyl (C=O) groups is 4. The fourth-order valence-corrected chi connectivity index (χ4v) is 2.22. The van der Waals surface area contributed by atoms with Crippen molar-refractivity contribution in [1.82, 2.24) is 0 Å². The lowest BCUT2D eigenvalue weighted by atomic mass is 10.0. The summed E-state index contributed by atoms with van der Waals surface area (Å²) in [4.78, 5) is 45.2. The van der Waals surface area contributed by atoms with Crippen molar-refractivity contribution < 1.29 is 34.5 Å². The van der Waals surface area contributed by atoms with Crippen LogP contribution in [0.1, 0.15) is 41.4 Å². The Labute approximate surface area is 145 Å². The number of carbonyl (C=O) groups excluding carboxylic acids is 1. The Bertz CT molecular complexity index is 907. The van der Waals surface area contributed by atoms with E-state index in [0.717, 1.165) is 24.3 Å². The third kappa shape index (κ3) is 3.93. The van der Waals surface area contributed by atoms with E-state index in [0.29, 0.717) is 0 Å². The second-order valence-electron chi connectivity index (χ2n) is 4.82. The third-order valence-electron chi connectivity index (χ3n) is 3.21. The van der Waals surface area contributed by atoms with Crippen LogP contribution in [0.15, 0.2) is 36.4 Å². The summed E-state index contributed by atoms with van der Waals surface area (Å²) in [7, 11) is 0. The molecule has 0 saturated carbocycles. The lowest BCUT2D eigenvalue weighted by Crippen LogP contribution is -2.15. The molecule has 0 fully saturated rings. The molecule has 2 aromatic carbocycles. The Morgan fingerprint density at radius 1 is 0.760 bits per heavy atom. The molecular formula is C16H10ClNO7. The summed E-state index contributed by atoms with van der Waals surface area (Å²) in [6.07, 6.45) is 0. The maximum Gasteiger partial charge on any atom is 0.336 e. The van der Waals surface area contributed by atoms with Crippen molar-refractivity contribution in [3.8, 4) is 0 Å². The van der Waals surface area contributed by atoms with Crippen LogP contribution in [0.3, 0.4) is 0 Å². The average Bonchev–Trinajstić information content (AvgIpc) is 2.55. The Balaban J connectivity index is 2.33. The molecular weight excluding hydrogens is 354 g/mol. The van der Waals surface area contributed by atoms with Crippen molar-refractivity contribution in [3.63, 3.8) is 0 Å². The number of amides is 1. The zero-order valence-electron chi connectivity index (χ0n) is 12.3. The molecule has 0 atom stereocenters. The van der Waals surface area contributed by atoms with Gasteiger partial charge in [-0.25, -0.2) is 14.4 Å². The summed E-state index contributed by atoms with van der Waals surface area (Å²) in [6, 6.07) is 6.77. The molecule has 0 heterocycles. The topological polar surface area (TPSA) is 141 Å². The van der Waals surface area contributed by atoms with E-state index >= 15 is 0 Å². The predicted molar refractivity (Wildman–Crippen MR) is 86.7 cm³/mol. The fourth-order valence-electron chi connectivity index (χ4n) is 1.99. The molecule has 25 heavy (non-hydrogen) atoms. The summed E-state index contributed by atoms with van der Waals surface area (Å²) >= 11 is 5.90. The fraction of sp³-hybridized carbons (Fsp3) is 0. The lowest BCUT2D eigenvalue weighted by Gasteiger charge is -2.09. The number of hydrogen-bond acceptors (Lipinski definition) is 4. The van der Waals surface area contributed by atoms with Gasteiger partial charge in [0.1, 0.15) is 0 Å². The number of carboxylic acids is 3. The number of hydrogen-bond donors (Lipinski definition) is 4. The van der Waals surface area contributed by atoms with Crippen LogP contribution in [-0.4, -0.2) is 39.1 Å². The number of carboxylic acid groups (broad SMARTS) is 3. The van der Waals surface area contributed by atoms with Gasteiger partial charge in [-0.05, 0) is 36.4 Å². The SMILES string of the molecule is O=C(O)c1ccc(NC(=O)c2ccc(C(=O)O)c(C(=O)O)c2)c(Cl)c1. The van der Waals surface area contributed by atoms with E-state index in [1.54, 1.807) is 0 Å². The maximum atomic E-state index is 12.2. The van der Waals surface area contributed by atoms with Crippen molar-refractivity contribution >= 4 is 41.1 Å². The lowest BCUT2D eigenvalue weighted by molar-refractivity contribution is 0.0651. The monoisotopic (exact) mass is 363 g/mol. The van der Waals surface area contributed by atoms with Crippen molar-refractivity contribution in [2.24, 2.45) is 0 Å². The average molecular weight is 364 g/mol. The van der Waals surface area contributed by atoms with Crippen LogP contribution in [0.2, 0.25) is 5.02 Å². The summed E-state index contributed by atoms with van der Waals surface area (Å²) in [6.45, 7) is 0. The Morgan fingerprint density at radius 3 is 1.88 bits per heavy atom. The second-order valence-corrected chi connectivity index (χ2v) is 5.23. The van der Waals surface area contributed by atoms with Crippen LogP contribution >= 0.6 is 11.6 Å². The zero-order valence-corrected chi connectivity index (χ0v) is 13.1. The molecule has 2 aromatic rings. The predicted octanol–water partition coefficient (Wildman–Crippen LogP) is 2.69. The number of nitrogens with one attached hydrogen (secondary N) is 1. The molecule has 0 aliphatic carbocycles. The highest BCUT2D eigenvalue weighted by atomic mass is 35.5. The van der Waals surface area contributed by atoms with Gasteiger partial charge in [-0.1, -0.05) is 11.6 Å². The van der Waals surface area contributed by atoms with Crippen LogP contribution in [0.4, 0.5) is 5.69 Å². The first-order valence-electron chi connectivity index (χ1n) is 6.65. The van der Waals surface area contributed by atoms with E-state index in [4.69, 9.17) is 26.9 Å². The molecule has 0 aromatic heterocycles. The van der Waals surface area contributed by atoms with Gasteiger partial charge in [0.2, 0.25) is 0 Å². The number of aromatic carboxylic acids is 3. The summed E-state index contributed by atoms with van der Waals surface area (Å²) in [5.74, 6) is -4.84. The molecule has 0 aliphatic heterocycles. The summed E-state index contributed by atoms with van der Waals surface area (Å²) in [5.41, 5.74) is -1.03. The van der Waals surface area contributed by atoms with E-state index in [1.807, 2.05) is 0 Å². The van der Waals surface area contributed by atoms with Gasteiger partial charge in [0.05, 0.1) is 27.4 Å². The molecule has 2 rings (SSSR count).